The Morgan fingerprint density at radius 1 is 1.05 bits per heavy atom. The van der Waals surface area contributed by atoms with Gasteiger partial charge in [0.1, 0.15) is 0 Å². The minimum absolute atomic E-state index is 0.432. The monoisotopic (exact) mass is 299 g/mol. The van der Waals surface area contributed by atoms with Crippen molar-refractivity contribution in [2.75, 3.05) is 20.7 Å². The number of nitrogens with zero attached hydrogens (tertiary/aromatic N) is 1. The first-order valence-electron chi connectivity index (χ1n) is 8.40. The van der Waals surface area contributed by atoms with Crippen LogP contribution in [0.5, 0.6) is 0 Å². The predicted octanol–water partition coefficient (Wildman–Crippen LogP) is 4.91. The molecule has 20 heavy (non-hydrogen) atoms. The van der Waals surface area contributed by atoms with Crippen molar-refractivity contribution in [1.29, 1.82) is 0 Å². The average Bonchev–Trinajstić information content (AvgIpc) is 2.96. The molecule has 2 nitrogen and oxygen atoms in total. The fraction of sp³-hybridized carbons (Fsp3) is 1.00. The van der Waals surface area contributed by atoms with E-state index in [0.717, 1.165) is 12.5 Å². The Morgan fingerprint density at radius 2 is 1.50 bits per heavy atom. The molecule has 3 heteroatoms. The van der Waals surface area contributed by atoms with Crippen molar-refractivity contribution in [1.82, 2.24) is 4.90 Å². The smallest absolute Gasteiger partial charge is 0.200 e. The van der Waals surface area contributed by atoms with Gasteiger partial charge in [-0.15, -0.1) is 0 Å². The van der Waals surface area contributed by atoms with Crippen LogP contribution in [0, 0.1) is 5.92 Å². The second-order valence-electron chi connectivity index (χ2n) is 8.11. The summed E-state index contributed by atoms with van der Waals surface area (Å²) in [6, 6.07) is 0. The first-order valence-corrected chi connectivity index (χ1v) is 10.5. The van der Waals surface area contributed by atoms with Gasteiger partial charge in [0, 0.05) is 12.1 Å². The summed E-state index contributed by atoms with van der Waals surface area (Å²) >= 11 is 0. The van der Waals surface area contributed by atoms with Gasteiger partial charge < -0.3 is 9.33 Å². The van der Waals surface area contributed by atoms with Crippen LogP contribution < -0.4 is 0 Å². The molecule has 0 spiro atoms. The highest BCUT2D eigenvalue weighted by Crippen LogP contribution is 2.49. The maximum absolute atomic E-state index is 6.66. The summed E-state index contributed by atoms with van der Waals surface area (Å²) in [5.74, 6) is 0.829. The molecule has 1 aliphatic rings. The van der Waals surface area contributed by atoms with Gasteiger partial charge >= 0.3 is 0 Å². The van der Waals surface area contributed by atoms with Gasteiger partial charge in [-0.05, 0) is 56.4 Å². The first kappa shape index (κ1) is 18.2. The van der Waals surface area contributed by atoms with E-state index in [1.54, 1.807) is 0 Å². The Balaban J connectivity index is 2.57. The normalized spacial score (nSPS) is 27.1. The van der Waals surface area contributed by atoms with Crippen molar-refractivity contribution >= 4 is 8.32 Å². The minimum Gasteiger partial charge on any atom is -0.416 e. The van der Waals surface area contributed by atoms with Gasteiger partial charge in [-0.25, -0.2) is 0 Å². The maximum atomic E-state index is 6.66. The number of hydrogen-bond donors (Lipinski definition) is 0. The zero-order valence-corrected chi connectivity index (χ0v) is 16.3. The molecule has 2 atom stereocenters. The molecular weight excluding hydrogens is 262 g/mol. The van der Waals surface area contributed by atoms with Crippen molar-refractivity contribution in [3.05, 3.63) is 0 Å². The molecule has 0 aromatic heterocycles. The Labute approximate surface area is 128 Å². The van der Waals surface area contributed by atoms with Crippen LogP contribution >= 0.6 is 0 Å². The molecule has 1 aliphatic carbocycles. The van der Waals surface area contributed by atoms with Crippen molar-refractivity contribution in [3.8, 4) is 0 Å². The lowest BCUT2D eigenvalue weighted by molar-refractivity contribution is 0.230. The van der Waals surface area contributed by atoms with Crippen LogP contribution in [-0.2, 0) is 4.43 Å². The van der Waals surface area contributed by atoms with Crippen molar-refractivity contribution in [2.45, 2.75) is 83.5 Å². The van der Waals surface area contributed by atoms with E-state index in [1.165, 1.54) is 12.8 Å². The molecule has 0 radical (unpaired) electrons. The maximum Gasteiger partial charge on any atom is 0.200 e. The van der Waals surface area contributed by atoms with Crippen molar-refractivity contribution in [2.24, 2.45) is 5.92 Å². The van der Waals surface area contributed by atoms with Gasteiger partial charge in [0.05, 0.1) is 0 Å². The average molecular weight is 300 g/mol. The highest BCUT2D eigenvalue weighted by Gasteiger charge is 2.52. The SMILES string of the molecule is CC(C)[Si](OCCC1C[C@]1(C)N(C)C)(C(C)C)C(C)C. The molecule has 0 amide bonds. The summed E-state index contributed by atoms with van der Waals surface area (Å²) < 4.78 is 6.66. The topological polar surface area (TPSA) is 12.5 Å². The van der Waals surface area contributed by atoms with Crippen molar-refractivity contribution in [3.63, 3.8) is 0 Å². The number of hydrogen-bond acceptors (Lipinski definition) is 2. The molecule has 1 saturated carbocycles. The zero-order valence-electron chi connectivity index (χ0n) is 15.3. The van der Waals surface area contributed by atoms with Crippen LogP contribution in [0.25, 0.3) is 0 Å². The van der Waals surface area contributed by atoms with Gasteiger partial charge in [-0.2, -0.15) is 0 Å². The molecular formula is C17H37NOSi. The lowest BCUT2D eigenvalue weighted by Crippen LogP contribution is -2.48. The van der Waals surface area contributed by atoms with Gasteiger partial charge in [-0.1, -0.05) is 41.5 Å². The van der Waals surface area contributed by atoms with Gasteiger partial charge in [-0.3, -0.25) is 0 Å². The molecule has 0 aliphatic heterocycles. The van der Waals surface area contributed by atoms with Gasteiger partial charge in [0.2, 0.25) is 0 Å². The third-order valence-corrected chi connectivity index (χ3v) is 12.0. The third kappa shape index (κ3) is 3.31. The largest absolute Gasteiger partial charge is 0.416 e. The zero-order chi connectivity index (χ0) is 15.7. The summed E-state index contributed by atoms with van der Waals surface area (Å²) in [6.45, 7) is 17.6. The van der Waals surface area contributed by atoms with Crippen LogP contribution in [0.3, 0.4) is 0 Å². The Kier molecular flexibility index (Phi) is 5.90. The molecule has 0 aromatic carbocycles. The predicted molar refractivity (Wildman–Crippen MR) is 91.8 cm³/mol. The highest BCUT2D eigenvalue weighted by molar-refractivity contribution is 6.77. The van der Waals surface area contributed by atoms with E-state index in [0.29, 0.717) is 22.2 Å². The van der Waals surface area contributed by atoms with E-state index in [1.807, 2.05) is 0 Å². The van der Waals surface area contributed by atoms with Crippen molar-refractivity contribution < 1.29 is 4.43 Å². The Bertz CT molecular complexity index is 292. The van der Waals surface area contributed by atoms with Crippen LogP contribution in [-0.4, -0.2) is 39.5 Å². The molecule has 1 rings (SSSR count). The fourth-order valence-electron chi connectivity index (χ4n) is 4.28. The molecule has 1 unspecified atom stereocenters. The fourth-order valence-corrected chi connectivity index (χ4v) is 9.75. The van der Waals surface area contributed by atoms with E-state index in [9.17, 15) is 0 Å². The summed E-state index contributed by atoms with van der Waals surface area (Å²) in [7, 11) is 2.76. The molecule has 0 heterocycles. The van der Waals surface area contributed by atoms with Crippen LogP contribution in [0.1, 0.15) is 61.3 Å². The molecule has 1 fully saturated rings. The standard InChI is InChI=1S/C17H37NOSi/c1-13(2)20(14(3)4,15(5)6)19-11-10-16-12-17(16,7)18(8)9/h13-16H,10-12H2,1-9H3/t16?,17-/m0/s1. The van der Waals surface area contributed by atoms with Gasteiger partial charge in [0.25, 0.3) is 0 Å². The van der Waals surface area contributed by atoms with Gasteiger partial charge in [0.15, 0.2) is 8.32 Å². The number of rotatable bonds is 8. The second-order valence-corrected chi connectivity index (χ2v) is 13.6. The van der Waals surface area contributed by atoms with E-state index in [2.05, 4.69) is 67.5 Å². The lowest BCUT2D eigenvalue weighted by atomic mass is 10.2. The minimum atomic E-state index is -1.65. The second kappa shape index (κ2) is 6.49. The molecule has 0 saturated heterocycles. The van der Waals surface area contributed by atoms with Crippen LogP contribution in [0.15, 0.2) is 0 Å². The summed E-state index contributed by atoms with van der Waals surface area (Å²) in [5.41, 5.74) is 2.52. The highest BCUT2D eigenvalue weighted by atomic mass is 28.4. The van der Waals surface area contributed by atoms with E-state index < -0.39 is 8.32 Å². The third-order valence-electron chi connectivity index (χ3n) is 5.93. The summed E-state index contributed by atoms with van der Waals surface area (Å²) in [6.07, 6.45) is 2.57. The van der Waals surface area contributed by atoms with E-state index >= 15 is 0 Å². The lowest BCUT2D eigenvalue weighted by Gasteiger charge is -2.42. The van der Waals surface area contributed by atoms with E-state index in [-0.39, 0.29) is 0 Å². The molecule has 0 aromatic rings. The quantitative estimate of drug-likeness (QED) is 0.591. The first-order chi connectivity index (χ1) is 9.09. The Morgan fingerprint density at radius 3 is 1.80 bits per heavy atom. The molecule has 120 valence electrons. The summed E-state index contributed by atoms with van der Waals surface area (Å²) in [4.78, 5) is 2.38. The van der Waals surface area contributed by atoms with Crippen LogP contribution in [0.2, 0.25) is 16.6 Å². The summed E-state index contributed by atoms with van der Waals surface area (Å²) in [5, 5.41) is 0. The molecule has 0 bridgehead atoms. The van der Waals surface area contributed by atoms with Crippen LogP contribution in [0.4, 0.5) is 0 Å². The molecule has 0 N–H and O–H groups in total. The Hall–Kier alpha value is 0.137. The van der Waals surface area contributed by atoms with E-state index in [4.69, 9.17) is 4.43 Å².